The third-order valence-corrected chi connectivity index (χ3v) is 1.18. The highest BCUT2D eigenvalue weighted by molar-refractivity contribution is 5.22. The quantitative estimate of drug-likeness (QED) is 0.661. The summed E-state index contributed by atoms with van der Waals surface area (Å²) in [6.45, 7) is 3.57. The summed E-state index contributed by atoms with van der Waals surface area (Å²) in [5.41, 5.74) is 0. The Morgan fingerprint density at radius 2 is 1.91 bits per heavy atom. The minimum Gasteiger partial charge on any atom is -0.442 e. The van der Waals surface area contributed by atoms with Crippen LogP contribution in [0.15, 0.2) is 42.8 Å². The molecular formula is C9H10NO. The third kappa shape index (κ3) is 2.34. The molecule has 1 aromatic rings. The van der Waals surface area contributed by atoms with Crippen LogP contribution >= 0.6 is 0 Å². The van der Waals surface area contributed by atoms with E-state index in [0.717, 1.165) is 5.75 Å². The van der Waals surface area contributed by atoms with Crippen LogP contribution in [-0.4, -0.2) is 0 Å². The highest BCUT2D eigenvalue weighted by atomic mass is 16.5. The smallest absolute Gasteiger partial charge is 0.186 e. The van der Waals surface area contributed by atoms with E-state index in [-0.39, 0.29) is 0 Å². The fourth-order valence-corrected chi connectivity index (χ4v) is 0.667. The summed E-state index contributed by atoms with van der Waals surface area (Å²) in [7, 11) is 3.41. The molecule has 1 rings (SSSR count). The van der Waals surface area contributed by atoms with Gasteiger partial charge in [0.05, 0.1) is 0 Å². The van der Waals surface area contributed by atoms with E-state index in [1.807, 2.05) is 30.3 Å². The molecule has 1 aromatic carbocycles. The first kappa shape index (κ1) is 7.66. The van der Waals surface area contributed by atoms with Gasteiger partial charge in [-0.15, -0.1) is 0 Å². The standard InChI is InChI=1S/C9H10NO/c1-8(10-2)11-9-6-4-3-5-7-9/h3-7,10H,1-2H2. The fraction of sp³-hybridized carbons (Fsp3) is 0. The van der Waals surface area contributed by atoms with Crippen molar-refractivity contribution in [2.75, 3.05) is 0 Å². The zero-order chi connectivity index (χ0) is 8.10. The lowest BCUT2D eigenvalue weighted by Gasteiger charge is -2.05. The Balaban J connectivity index is 2.58. The Morgan fingerprint density at radius 3 is 2.45 bits per heavy atom. The van der Waals surface area contributed by atoms with Crippen molar-refractivity contribution < 1.29 is 4.74 Å². The minimum absolute atomic E-state index is 0.441. The second-order valence-electron chi connectivity index (χ2n) is 2.02. The highest BCUT2D eigenvalue weighted by Crippen LogP contribution is 2.09. The van der Waals surface area contributed by atoms with Gasteiger partial charge >= 0.3 is 0 Å². The van der Waals surface area contributed by atoms with Crippen LogP contribution in [0.5, 0.6) is 5.75 Å². The molecule has 0 saturated heterocycles. The maximum atomic E-state index is 5.20. The molecule has 57 valence electrons. The molecule has 0 aliphatic heterocycles. The molecule has 0 amide bonds. The molecule has 0 bridgehead atoms. The Labute approximate surface area is 66.5 Å². The predicted molar refractivity (Wildman–Crippen MR) is 44.7 cm³/mol. The van der Waals surface area contributed by atoms with E-state index in [1.165, 1.54) is 0 Å². The van der Waals surface area contributed by atoms with Gasteiger partial charge in [0.25, 0.3) is 0 Å². The van der Waals surface area contributed by atoms with Gasteiger partial charge in [0.2, 0.25) is 0 Å². The van der Waals surface area contributed by atoms with Crippen LogP contribution < -0.4 is 10.1 Å². The SMILES string of the molecule is [CH2]NC(=C)Oc1ccccc1. The molecular weight excluding hydrogens is 138 g/mol. The van der Waals surface area contributed by atoms with Gasteiger partial charge in [-0.3, -0.25) is 0 Å². The molecule has 0 saturated carbocycles. The Kier molecular flexibility index (Phi) is 2.55. The van der Waals surface area contributed by atoms with Gasteiger partial charge in [-0.25, -0.2) is 0 Å². The number of hydrogen-bond donors (Lipinski definition) is 1. The minimum atomic E-state index is 0.441. The number of para-hydroxylation sites is 1. The molecule has 0 heterocycles. The van der Waals surface area contributed by atoms with Gasteiger partial charge in [-0.2, -0.15) is 0 Å². The van der Waals surface area contributed by atoms with Crippen molar-refractivity contribution in [1.82, 2.24) is 5.32 Å². The molecule has 0 spiro atoms. The second-order valence-corrected chi connectivity index (χ2v) is 2.02. The van der Waals surface area contributed by atoms with E-state index in [0.29, 0.717) is 5.88 Å². The molecule has 0 aliphatic rings. The average molecular weight is 148 g/mol. The Hall–Kier alpha value is -1.44. The van der Waals surface area contributed by atoms with E-state index in [2.05, 4.69) is 18.9 Å². The number of benzene rings is 1. The Bertz CT molecular complexity index is 231. The lowest BCUT2D eigenvalue weighted by Crippen LogP contribution is -2.07. The topological polar surface area (TPSA) is 21.3 Å². The lowest BCUT2D eigenvalue weighted by atomic mass is 10.3. The summed E-state index contributed by atoms with van der Waals surface area (Å²) in [5, 5.41) is 2.55. The molecule has 0 aliphatic carbocycles. The molecule has 0 atom stereocenters. The van der Waals surface area contributed by atoms with E-state index in [4.69, 9.17) is 4.74 Å². The molecule has 2 nitrogen and oxygen atoms in total. The zero-order valence-corrected chi connectivity index (χ0v) is 6.21. The molecule has 0 fully saturated rings. The van der Waals surface area contributed by atoms with Gasteiger partial charge < -0.3 is 10.1 Å². The molecule has 1 N–H and O–H groups in total. The van der Waals surface area contributed by atoms with Crippen molar-refractivity contribution in [2.45, 2.75) is 0 Å². The maximum Gasteiger partial charge on any atom is 0.186 e. The van der Waals surface area contributed by atoms with Crippen LogP contribution in [0.2, 0.25) is 0 Å². The first-order valence-corrected chi connectivity index (χ1v) is 3.28. The third-order valence-electron chi connectivity index (χ3n) is 1.18. The van der Waals surface area contributed by atoms with Crippen LogP contribution in [0, 0.1) is 7.05 Å². The van der Waals surface area contributed by atoms with E-state index in [9.17, 15) is 0 Å². The first-order valence-electron chi connectivity index (χ1n) is 3.28. The van der Waals surface area contributed by atoms with Gasteiger partial charge in [0, 0.05) is 7.05 Å². The zero-order valence-electron chi connectivity index (χ0n) is 6.21. The van der Waals surface area contributed by atoms with Crippen molar-refractivity contribution in [1.29, 1.82) is 0 Å². The van der Waals surface area contributed by atoms with Crippen LogP contribution in [0.1, 0.15) is 0 Å². The van der Waals surface area contributed by atoms with Crippen LogP contribution in [0.25, 0.3) is 0 Å². The summed E-state index contributed by atoms with van der Waals surface area (Å²) in [4.78, 5) is 0. The summed E-state index contributed by atoms with van der Waals surface area (Å²) in [6.07, 6.45) is 0. The van der Waals surface area contributed by atoms with Crippen molar-refractivity contribution >= 4 is 0 Å². The summed E-state index contributed by atoms with van der Waals surface area (Å²) >= 11 is 0. The van der Waals surface area contributed by atoms with Gasteiger partial charge in [0.1, 0.15) is 5.75 Å². The maximum absolute atomic E-state index is 5.20. The lowest BCUT2D eigenvalue weighted by molar-refractivity contribution is 0.400. The largest absolute Gasteiger partial charge is 0.442 e. The van der Waals surface area contributed by atoms with Crippen LogP contribution in [0.4, 0.5) is 0 Å². The van der Waals surface area contributed by atoms with E-state index >= 15 is 0 Å². The summed E-state index contributed by atoms with van der Waals surface area (Å²) in [5.74, 6) is 1.20. The Morgan fingerprint density at radius 1 is 1.27 bits per heavy atom. The van der Waals surface area contributed by atoms with Gasteiger partial charge in [-0.1, -0.05) is 18.2 Å². The predicted octanol–water partition coefficient (Wildman–Crippen LogP) is 1.92. The van der Waals surface area contributed by atoms with Crippen molar-refractivity contribution in [3.63, 3.8) is 0 Å². The molecule has 0 unspecified atom stereocenters. The monoisotopic (exact) mass is 148 g/mol. The number of ether oxygens (including phenoxy) is 1. The van der Waals surface area contributed by atoms with Gasteiger partial charge in [0.15, 0.2) is 5.88 Å². The molecule has 1 radical (unpaired) electrons. The number of hydrogen-bond acceptors (Lipinski definition) is 2. The first-order chi connectivity index (χ1) is 5.33. The van der Waals surface area contributed by atoms with Crippen molar-refractivity contribution in [3.05, 3.63) is 49.8 Å². The molecule has 2 heteroatoms. The van der Waals surface area contributed by atoms with E-state index < -0.39 is 0 Å². The number of nitrogens with one attached hydrogen (secondary N) is 1. The van der Waals surface area contributed by atoms with Crippen LogP contribution in [0.3, 0.4) is 0 Å². The number of rotatable bonds is 3. The second kappa shape index (κ2) is 3.66. The van der Waals surface area contributed by atoms with Crippen molar-refractivity contribution in [2.24, 2.45) is 0 Å². The average Bonchev–Trinajstić information content (AvgIpc) is 2.06. The summed E-state index contributed by atoms with van der Waals surface area (Å²) < 4.78 is 5.20. The fourth-order valence-electron chi connectivity index (χ4n) is 0.667. The van der Waals surface area contributed by atoms with Gasteiger partial charge in [-0.05, 0) is 18.7 Å². The van der Waals surface area contributed by atoms with Crippen molar-refractivity contribution in [3.8, 4) is 5.75 Å². The summed E-state index contributed by atoms with van der Waals surface area (Å²) in [6, 6.07) is 9.41. The highest BCUT2D eigenvalue weighted by Gasteiger charge is 1.91. The molecule has 0 aromatic heterocycles. The van der Waals surface area contributed by atoms with Crippen LogP contribution in [-0.2, 0) is 0 Å². The van der Waals surface area contributed by atoms with E-state index in [1.54, 1.807) is 0 Å². The normalized spacial score (nSPS) is 8.82. The molecule has 11 heavy (non-hydrogen) atoms.